The predicted octanol–water partition coefficient (Wildman–Crippen LogP) is 4.29. The van der Waals surface area contributed by atoms with Crippen molar-refractivity contribution in [1.82, 2.24) is 4.90 Å². The Bertz CT molecular complexity index is 840. The number of amides is 1. The molecule has 2 aromatic rings. The van der Waals surface area contributed by atoms with E-state index in [2.05, 4.69) is 4.99 Å². The summed E-state index contributed by atoms with van der Waals surface area (Å²) in [5, 5.41) is 0.599. The van der Waals surface area contributed by atoms with Crippen LogP contribution in [0.15, 0.2) is 53.5 Å². The molecule has 0 aromatic heterocycles. The van der Waals surface area contributed by atoms with E-state index in [1.54, 1.807) is 11.0 Å². The summed E-state index contributed by atoms with van der Waals surface area (Å²) < 4.78 is 19.3. The number of ether oxygens (including phenoxy) is 1. The van der Waals surface area contributed by atoms with Gasteiger partial charge in [0.2, 0.25) is 5.91 Å². The summed E-state index contributed by atoms with van der Waals surface area (Å²) in [5.41, 5.74) is 1.74. The van der Waals surface area contributed by atoms with Gasteiger partial charge >= 0.3 is 0 Å². The summed E-state index contributed by atoms with van der Waals surface area (Å²) in [6.45, 7) is 5.49. The Morgan fingerprint density at radius 3 is 2.74 bits per heavy atom. The van der Waals surface area contributed by atoms with Crippen molar-refractivity contribution in [2.24, 2.45) is 4.99 Å². The lowest BCUT2D eigenvalue weighted by atomic mass is 10.1. The van der Waals surface area contributed by atoms with E-state index in [-0.39, 0.29) is 23.6 Å². The third-order valence-electron chi connectivity index (χ3n) is 4.29. The van der Waals surface area contributed by atoms with E-state index in [4.69, 9.17) is 4.74 Å². The number of nitrogens with zero attached hydrogens (tertiary/aromatic N) is 2. The molecule has 0 N–H and O–H groups in total. The Morgan fingerprint density at radius 2 is 2.00 bits per heavy atom. The van der Waals surface area contributed by atoms with Crippen LogP contribution in [-0.2, 0) is 17.8 Å². The number of para-hydroxylation sites is 1. The minimum absolute atomic E-state index is 0.0923. The molecule has 1 amide bonds. The number of benzene rings is 2. The zero-order valence-electron chi connectivity index (χ0n) is 15.5. The van der Waals surface area contributed by atoms with E-state index < -0.39 is 0 Å². The third kappa shape index (κ3) is 4.69. The van der Waals surface area contributed by atoms with Gasteiger partial charge in [-0.2, -0.15) is 0 Å². The summed E-state index contributed by atoms with van der Waals surface area (Å²) in [6, 6.07) is 14.1. The Hall–Kier alpha value is -2.34. The van der Waals surface area contributed by atoms with Crippen molar-refractivity contribution < 1.29 is 13.9 Å². The molecule has 1 saturated heterocycles. The molecule has 0 saturated carbocycles. The molecule has 0 aliphatic carbocycles. The number of hydrogen-bond acceptors (Lipinski definition) is 4. The van der Waals surface area contributed by atoms with Crippen molar-refractivity contribution in [3.05, 3.63) is 65.5 Å². The number of carbonyl (C=O) groups is 1. The number of thioether (sulfide) groups is 1. The third-order valence-corrected chi connectivity index (χ3v) is 5.50. The lowest BCUT2D eigenvalue weighted by Gasteiger charge is -2.15. The lowest BCUT2D eigenvalue weighted by Crippen LogP contribution is -2.32. The van der Waals surface area contributed by atoms with E-state index in [1.165, 1.54) is 23.9 Å². The zero-order chi connectivity index (χ0) is 19.2. The van der Waals surface area contributed by atoms with Crippen LogP contribution >= 0.6 is 11.8 Å². The normalized spacial score (nSPS) is 18.3. The van der Waals surface area contributed by atoms with Gasteiger partial charge in [-0.25, -0.2) is 4.39 Å². The number of rotatable bonds is 7. The Morgan fingerprint density at radius 1 is 1.19 bits per heavy atom. The molecule has 1 fully saturated rings. The van der Waals surface area contributed by atoms with Gasteiger partial charge in [0.05, 0.1) is 5.25 Å². The fourth-order valence-corrected chi connectivity index (χ4v) is 4.28. The lowest BCUT2D eigenvalue weighted by molar-refractivity contribution is -0.126. The van der Waals surface area contributed by atoms with Crippen LogP contribution in [0.1, 0.15) is 25.0 Å². The first-order chi connectivity index (χ1) is 13.1. The second kappa shape index (κ2) is 9.04. The minimum Gasteiger partial charge on any atom is -0.489 e. The molecule has 3 rings (SSSR count). The molecule has 1 aliphatic rings. The quantitative estimate of drug-likeness (QED) is 0.713. The van der Waals surface area contributed by atoms with Gasteiger partial charge in [-0.3, -0.25) is 14.7 Å². The SMILES string of the molecule is CCN=C1S[C@@H](Cc2ccccc2OCc2cccc(F)c2)C(=O)N1CC. The van der Waals surface area contributed by atoms with Gasteiger partial charge in [0.15, 0.2) is 5.17 Å². The highest BCUT2D eigenvalue weighted by atomic mass is 32.2. The predicted molar refractivity (Wildman–Crippen MR) is 108 cm³/mol. The first kappa shape index (κ1) is 19.4. The number of carbonyl (C=O) groups excluding carboxylic acids is 1. The Labute approximate surface area is 163 Å². The van der Waals surface area contributed by atoms with Gasteiger partial charge in [0.1, 0.15) is 18.2 Å². The van der Waals surface area contributed by atoms with E-state index in [0.29, 0.717) is 19.5 Å². The second-order valence-electron chi connectivity index (χ2n) is 6.18. The van der Waals surface area contributed by atoms with Crippen LogP contribution in [0.2, 0.25) is 0 Å². The largest absolute Gasteiger partial charge is 0.489 e. The summed E-state index contributed by atoms with van der Waals surface area (Å²) in [7, 11) is 0. The highest BCUT2D eigenvalue weighted by Gasteiger charge is 2.37. The molecule has 27 heavy (non-hydrogen) atoms. The molecule has 1 atom stereocenters. The van der Waals surface area contributed by atoms with Gasteiger partial charge in [0, 0.05) is 13.1 Å². The van der Waals surface area contributed by atoms with E-state index in [9.17, 15) is 9.18 Å². The van der Waals surface area contributed by atoms with Crippen LogP contribution in [0.3, 0.4) is 0 Å². The molecule has 4 nitrogen and oxygen atoms in total. The maximum atomic E-state index is 13.3. The Balaban J connectivity index is 1.72. The molecule has 0 bridgehead atoms. The Kier molecular flexibility index (Phi) is 6.50. The van der Waals surface area contributed by atoms with Crippen molar-refractivity contribution >= 4 is 22.8 Å². The van der Waals surface area contributed by atoms with E-state index in [0.717, 1.165) is 22.0 Å². The highest BCUT2D eigenvalue weighted by Crippen LogP contribution is 2.32. The number of hydrogen-bond donors (Lipinski definition) is 0. The van der Waals surface area contributed by atoms with E-state index >= 15 is 0 Å². The fourth-order valence-electron chi connectivity index (χ4n) is 2.99. The smallest absolute Gasteiger partial charge is 0.242 e. The molecule has 0 radical (unpaired) electrons. The molecule has 1 aliphatic heterocycles. The van der Waals surface area contributed by atoms with Crippen molar-refractivity contribution in [1.29, 1.82) is 0 Å². The summed E-state index contributed by atoms with van der Waals surface area (Å²) in [6.07, 6.45) is 0.571. The summed E-state index contributed by atoms with van der Waals surface area (Å²) in [4.78, 5) is 18.9. The first-order valence-electron chi connectivity index (χ1n) is 9.10. The molecule has 1 heterocycles. The topological polar surface area (TPSA) is 41.9 Å². The van der Waals surface area contributed by atoms with Crippen molar-refractivity contribution in [3.63, 3.8) is 0 Å². The van der Waals surface area contributed by atoms with Gasteiger partial charge in [-0.05, 0) is 49.6 Å². The second-order valence-corrected chi connectivity index (χ2v) is 7.35. The molecule has 142 valence electrons. The number of aliphatic imine (C=N–C) groups is 1. The molecule has 2 aromatic carbocycles. The number of amidine groups is 1. The average molecular weight is 386 g/mol. The van der Waals surface area contributed by atoms with Crippen LogP contribution in [0, 0.1) is 5.82 Å². The molecular formula is C21H23FN2O2S. The van der Waals surface area contributed by atoms with Crippen LogP contribution in [0.25, 0.3) is 0 Å². The van der Waals surface area contributed by atoms with Gasteiger partial charge in [-0.1, -0.05) is 42.1 Å². The van der Waals surface area contributed by atoms with Crippen LogP contribution in [0.4, 0.5) is 4.39 Å². The molecular weight excluding hydrogens is 363 g/mol. The van der Waals surface area contributed by atoms with Crippen molar-refractivity contribution in [2.45, 2.75) is 32.1 Å². The molecule has 6 heteroatoms. The van der Waals surface area contributed by atoms with Crippen molar-refractivity contribution in [2.75, 3.05) is 13.1 Å². The first-order valence-corrected chi connectivity index (χ1v) is 9.98. The monoisotopic (exact) mass is 386 g/mol. The average Bonchev–Trinajstić information content (AvgIpc) is 2.96. The molecule has 0 spiro atoms. The van der Waals surface area contributed by atoms with Crippen LogP contribution < -0.4 is 4.74 Å². The minimum atomic E-state index is -0.278. The zero-order valence-corrected chi connectivity index (χ0v) is 16.3. The number of halogens is 1. The highest BCUT2D eigenvalue weighted by molar-refractivity contribution is 8.15. The standard InChI is InChI=1S/C21H23FN2O2S/c1-3-23-21-24(4-2)20(25)19(27-21)13-16-9-5-6-11-18(16)26-14-15-8-7-10-17(22)12-15/h5-12,19H,3-4,13-14H2,1-2H3/t19-/m0/s1. The molecule has 0 unspecified atom stereocenters. The van der Waals surface area contributed by atoms with Crippen LogP contribution in [-0.4, -0.2) is 34.3 Å². The van der Waals surface area contributed by atoms with Gasteiger partial charge in [-0.15, -0.1) is 0 Å². The van der Waals surface area contributed by atoms with Crippen LogP contribution in [0.5, 0.6) is 5.75 Å². The summed E-state index contributed by atoms with van der Waals surface area (Å²) >= 11 is 1.52. The fraction of sp³-hybridized carbons (Fsp3) is 0.333. The summed E-state index contributed by atoms with van der Waals surface area (Å²) in [5.74, 6) is 0.536. The van der Waals surface area contributed by atoms with Gasteiger partial charge < -0.3 is 4.74 Å². The maximum absolute atomic E-state index is 13.3. The van der Waals surface area contributed by atoms with Gasteiger partial charge in [0.25, 0.3) is 0 Å². The maximum Gasteiger partial charge on any atom is 0.242 e. The van der Waals surface area contributed by atoms with E-state index in [1.807, 2.05) is 44.2 Å². The van der Waals surface area contributed by atoms with Crippen molar-refractivity contribution in [3.8, 4) is 5.75 Å².